The van der Waals surface area contributed by atoms with E-state index in [1.54, 1.807) is 0 Å². The van der Waals surface area contributed by atoms with Crippen molar-refractivity contribution in [1.29, 1.82) is 0 Å². The fourth-order valence-electron chi connectivity index (χ4n) is 2.61. The van der Waals surface area contributed by atoms with Gasteiger partial charge in [-0.15, -0.1) is 0 Å². The molecule has 0 aromatic heterocycles. The molecule has 22 heavy (non-hydrogen) atoms. The van der Waals surface area contributed by atoms with Crippen LogP contribution in [0.5, 0.6) is 0 Å². The third-order valence-corrected chi connectivity index (χ3v) is 3.99. The summed E-state index contributed by atoms with van der Waals surface area (Å²) in [6.45, 7) is 4.22. The highest BCUT2D eigenvalue weighted by molar-refractivity contribution is 5.13. The standard InChI is InChI=1S/C17H26O5/c1-3-13(4-2)21-16-14(10-18)22-17(15(16)19)20-11-12-8-6-5-7-9-12/h5-9,13-19H,3-4,10-11H2,1-2H3/t14-,15+,16+,17+/m1/s1. The van der Waals surface area contributed by atoms with Crippen LogP contribution in [0.4, 0.5) is 0 Å². The fourth-order valence-corrected chi connectivity index (χ4v) is 2.61. The van der Waals surface area contributed by atoms with Crippen molar-refractivity contribution in [2.75, 3.05) is 6.61 Å². The minimum absolute atomic E-state index is 0.0465. The zero-order valence-corrected chi connectivity index (χ0v) is 13.2. The Hall–Kier alpha value is -0.980. The largest absolute Gasteiger partial charge is 0.394 e. The van der Waals surface area contributed by atoms with Crippen molar-refractivity contribution in [2.24, 2.45) is 0 Å². The van der Waals surface area contributed by atoms with E-state index in [1.807, 2.05) is 44.2 Å². The zero-order chi connectivity index (χ0) is 15.9. The maximum Gasteiger partial charge on any atom is 0.187 e. The van der Waals surface area contributed by atoms with Crippen molar-refractivity contribution in [3.05, 3.63) is 35.9 Å². The molecule has 1 fully saturated rings. The van der Waals surface area contributed by atoms with Crippen LogP contribution in [-0.2, 0) is 20.8 Å². The molecular formula is C17H26O5. The summed E-state index contributed by atoms with van der Waals surface area (Å²) in [6, 6.07) is 9.69. The number of benzene rings is 1. The molecule has 1 heterocycles. The summed E-state index contributed by atoms with van der Waals surface area (Å²) >= 11 is 0. The van der Waals surface area contributed by atoms with Crippen LogP contribution in [0.3, 0.4) is 0 Å². The Morgan fingerprint density at radius 1 is 1.18 bits per heavy atom. The Morgan fingerprint density at radius 3 is 2.45 bits per heavy atom. The van der Waals surface area contributed by atoms with Crippen molar-refractivity contribution in [3.63, 3.8) is 0 Å². The smallest absolute Gasteiger partial charge is 0.187 e. The molecule has 0 bridgehead atoms. The molecule has 1 aromatic rings. The van der Waals surface area contributed by atoms with E-state index >= 15 is 0 Å². The van der Waals surface area contributed by atoms with Crippen LogP contribution in [0.15, 0.2) is 30.3 Å². The van der Waals surface area contributed by atoms with Crippen molar-refractivity contribution in [2.45, 2.75) is 64.0 Å². The topological polar surface area (TPSA) is 68.2 Å². The molecule has 1 aromatic carbocycles. The molecule has 0 radical (unpaired) electrons. The van der Waals surface area contributed by atoms with Gasteiger partial charge in [-0.2, -0.15) is 0 Å². The third kappa shape index (κ3) is 4.27. The fraction of sp³-hybridized carbons (Fsp3) is 0.647. The van der Waals surface area contributed by atoms with Gasteiger partial charge in [-0.3, -0.25) is 0 Å². The predicted octanol–water partition coefficient (Wildman–Crippen LogP) is 1.86. The first-order valence-electron chi connectivity index (χ1n) is 7.94. The van der Waals surface area contributed by atoms with E-state index in [9.17, 15) is 10.2 Å². The summed E-state index contributed by atoms with van der Waals surface area (Å²) < 4.78 is 17.1. The maximum atomic E-state index is 10.4. The van der Waals surface area contributed by atoms with Gasteiger partial charge in [0, 0.05) is 0 Å². The molecule has 0 spiro atoms. The van der Waals surface area contributed by atoms with Crippen LogP contribution in [0.2, 0.25) is 0 Å². The number of hydrogen-bond donors (Lipinski definition) is 2. The normalized spacial score (nSPS) is 28.4. The average molecular weight is 310 g/mol. The summed E-state index contributed by atoms with van der Waals surface area (Å²) in [6.07, 6.45) is -1.05. The van der Waals surface area contributed by atoms with Crippen molar-refractivity contribution in [3.8, 4) is 0 Å². The van der Waals surface area contributed by atoms with E-state index in [2.05, 4.69) is 0 Å². The molecule has 1 saturated heterocycles. The van der Waals surface area contributed by atoms with Gasteiger partial charge in [-0.1, -0.05) is 44.2 Å². The average Bonchev–Trinajstić information content (AvgIpc) is 2.87. The van der Waals surface area contributed by atoms with Crippen molar-refractivity contribution in [1.82, 2.24) is 0 Å². The summed E-state index contributed by atoms with van der Waals surface area (Å²) in [5.41, 5.74) is 1.00. The van der Waals surface area contributed by atoms with E-state index in [-0.39, 0.29) is 12.7 Å². The molecule has 5 nitrogen and oxygen atoms in total. The van der Waals surface area contributed by atoms with Crippen molar-refractivity contribution >= 4 is 0 Å². The molecule has 2 N–H and O–H groups in total. The molecule has 4 atom stereocenters. The van der Waals surface area contributed by atoms with E-state index in [1.165, 1.54) is 0 Å². The lowest BCUT2D eigenvalue weighted by atomic mass is 10.1. The van der Waals surface area contributed by atoms with Gasteiger partial charge in [-0.25, -0.2) is 0 Å². The molecular weight excluding hydrogens is 284 g/mol. The SMILES string of the molecule is CCC(CC)O[C@@H]1[C@H](O)[C@@H](OCc2ccccc2)O[C@@H]1CO. The van der Waals surface area contributed by atoms with Gasteiger partial charge in [0.25, 0.3) is 0 Å². The highest BCUT2D eigenvalue weighted by atomic mass is 16.7. The Balaban J connectivity index is 1.93. The second-order valence-corrected chi connectivity index (χ2v) is 5.55. The summed E-state index contributed by atoms with van der Waals surface area (Å²) in [7, 11) is 0. The second kappa shape index (κ2) is 8.60. The van der Waals surface area contributed by atoms with Crippen molar-refractivity contribution < 1.29 is 24.4 Å². The first-order valence-corrected chi connectivity index (χ1v) is 7.94. The van der Waals surface area contributed by atoms with Crippen LogP contribution < -0.4 is 0 Å². The van der Waals surface area contributed by atoms with Gasteiger partial charge in [0.15, 0.2) is 6.29 Å². The molecule has 2 rings (SSSR count). The van der Waals surface area contributed by atoms with Gasteiger partial charge in [0.1, 0.15) is 18.3 Å². The lowest BCUT2D eigenvalue weighted by Crippen LogP contribution is -2.39. The summed E-state index contributed by atoms with van der Waals surface area (Å²) in [5.74, 6) is 0. The number of ether oxygens (including phenoxy) is 3. The molecule has 1 aliphatic rings. The molecule has 124 valence electrons. The quantitative estimate of drug-likeness (QED) is 0.767. The Labute approximate surface area is 131 Å². The van der Waals surface area contributed by atoms with Crippen LogP contribution in [0.25, 0.3) is 0 Å². The van der Waals surface area contributed by atoms with E-state index in [0.717, 1.165) is 18.4 Å². The monoisotopic (exact) mass is 310 g/mol. The first-order chi connectivity index (χ1) is 10.7. The van der Waals surface area contributed by atoms with E-state index < -0.39 is 24.6 Å². The minimum atomic E-state index is -0.901. The Morgan fingerprint density at radius 2 is 1.86 bits per heavy atom. The van der Waals surface area contributed by atoms with Crippen LogP contribution >= 0.6 is 0 Å². The highest BCUT2D eigenvalue weighted by Crippen LogP contribution is 2.27. The first kappa shape index (κ1) is 17.4. The lowest BCUT2D eigenvalue weighted by molar-refractivity contribution is -0.175. The Bertz CT molecular complexity index is 420. The summed E-state index contributed by atoms with van der Waals surface area (Å²) in [5, 5.41) is 19.8. The maximum absolute atomic E-state index is 10.4. The lowest BCUT2D eigenvalue weighted by Gasteiger charge is -2.24. The number of aliphatic hydroxyl groups excluding tert-OH is 2. The van der Waals surface area contributed by atoms with Gasteiger partial charge < -0.3 is 24.4 Å². The molecule has 5 heteroatoms. The van der Waals surface area contributed by atoms with Gasteiger partial charge in [0.05, 0.1) is 19.3 Å². The van der Waals surface area contributed by atoms with Crippen LogP contribution in [0, 0.1) is 0 Å². The number of aliphatic hydroxyl groups is 2. The summed E-state index contributed by atoms with van der Waals surface area (Å²) in [4.78, 5) is 0. The van der Waals surface area contributed by atoms with E-state index in [0.29, 0.717) is 6.61 Å². The number of rotatable bonds is 8. The van der Waals surface area contributed by atoms with Gasteiger partial charge in [-0.05, 0) is 18.4 Å². The van der Waals surface area contributed by atoms with Crippen LogP contribution in [0.1, 0.15) is 32.3 Å². The third-order valence-electron chi connectivity index (χ3n) is 3.99. The molecule has 0 unspecified atom stereocenters. The predicted molar refractivity (Wildman–Crippen MR) is 82.2 cm³/mol. The van der Waals surface area contributed by atoms with E-state index in [4.69, 9.17) is 14.2 Å². The van der Waals surface area contributed by atoms with Gasteiger partial charge >= 0.3 is 0 Å². The minimum Gasteiger partial charge on any atom is -0.394 e. The van der Waals surface area contributed by atoms with Crippen LogP contribution in [-0.4, -0.2) is 47.5 Å². The number of hydrogen-bond acceptors (Lipinski definition) is 5. The Kier molecular flexibility index (Phi) is 6.79. The zero-order valence-electron chi connectivity index (χ0n) is 13.2. The molecule has 1 aliphatic heterocycles. The second-order valence-electron chi connectivity index (χ2n) is 5.55. The molecule has 0 saturated carbocycles. The molecule has 0 aliphatic carbocycles. The molecule has 0 amide bonds. The van der Waals surface area contributed by atoms with Gasteiger partial charge in [0.2, 0.25) is 0 Å². The highest BCUT2D eigenvalue weighted by Gasteiger charge is 2.45.